The number of likely N-dealkylation sites (tertiary alicyclic amines) is 1. The fourth-order valence-electron chi connectivity index (χ4n) is 3.79. The molecule has 144 valence electrons. The van der Waals surface area contributed by atoms with Gasteiger partial charge in [0.15, 0.2) is 0 Å². The molecule has 5 heteroatoms. The second-order valence-electron chi connectivity index (χ2n) is 7.36. The third-order valence-electron chi connectivity index (χ3n) is 5.27. The number of quaternary nitrogens is 1. The monoisotopic (exact) mass is 368 g/mol. The topological polar surface area (TPSA) is 62.6 Å². The van der Waals surface area contributed by atoms with Crippen LogP contribution in [0.25, 0.3) is 10.8 Å². The molecule has 2 aromatic carbocycles. The molecule has 3 N–H and O–H groups in total. The zero-order valence-electron chi connectivity index (χ0n) is 15.9. The number of carbonyl (C=O) groups is 2. The van der Waals surface area contributed by atoms with Crippen molar-refractivity contribution in [2.75, 3.05) is 32.7 Å². The third kappa shape index (κ3) is 6.07. The number of hydrogen-bond donors (Lipinski definition) is 3. The summed E-state index contributed by atoms with van der Waals surface area (Å²) in [6.07, 6.45) is 5.28. The molecule has 27 heavy (non-hydrogen) atoms. The first-order valence-electron chi connectivity index (χ1n) is 10.1. The van der Waals surface area contributed by atoms with Crippen molar-refractivity contribution in [2.24, 2.45) is 0 Å². The third-order valence-corrected chi connectivity index (χ3v) is 5.27. The average Bonchev–Trinajstić information content (AvgIpc) is 2.71. The van der Waals surface area contributed by atoms with Crippen LogP contribution in [0.3, 0.4) is 0 Å². The molecule has 2 aromatic rings. The van der Waals surface area contributed by atoms with Gasteiger partial charge in [-0.1, -0.05) is 42.5 Å². The van der Waals surface area contributed by atoms with Gasteiger partial charge in [-0.05, 0) is 35.6 Å². The molecule has 3 rings (SSSR count). The Kier molecular flexibility index (Phi) is 7.22. The second kappa shape index (κ2) is 10.1. The van der Waals surface area contributed by atoms with Gasteiger partial charge in [0.2, 0.25) is 11.8 Å². The van der Waals surface area contributed by atoms with E-state index in [-0.39, 0.29) is 24.8 Å². The minimum atomic E-state index is -0.126. The van der Waals surface area contributed by atoms with Crippen molar-refractivity contribution < 1.29 is 14.5 Å². The van der Waals surface area contributed by atoms with E-state index in [1.807, 2.05) is 42.5 Å². The fraction of sp³-hybridized carbons (Fsp3) is 0.455. The number of piperidine rings is 1. The summed E-state index contributed by atoms with van der Waals surface area (Å²) < 4.78 is 0. The highest BCUT2D eigenvalue weighted by Crippen LogP contribution is 2.18. The molecule has 0 saturated carbocycles. The van der Waals surface area contributed by atoms with Crippen molar-refractivity contribution in [3.05, 3.63) is 48.0 Å². The highest BCUT2D eigenvalue weighted by atomic mass is 16.2. The largest absolute Gasteiger partial charge is 0.354 e. The first kappa shape index (κ1) is 19.4. The molecule has 2 amide bonds. The number of amides is 2. The van der Waals surface area contributed by atoms with Crippen molar-refractivity contribution in [1.29, 1.82) is 0 Å². The Morgan fingerprint density at radius 3 is 2.52 bits per heavy atom. The molecule has 5 nitrogen and oxygen atoms in total. The van der Waals surface area contributed by atoms with E-state index < -0.39 is 0 Å². The van der Waals surface area contributed by atoms with E-state index in [2.05, 4.69) is 10.6 Å². The average molecular weight is 369 g/mol. The summed E-state index contributed by atoms with van der Waals surface area (Å²) in [5.41, 5.74) is 0.982. The van der Waals surface area contributed by atoms with Crippen LogP contribution >= 0.6 is 0 Å². The van der Waals surface area contributed by atoms with E-state index in [1.54, 1.807) is 4.90 Å². The van der Waals surface area contributed by atoms with Crippen LogP contribution in [-0.2, 0) is 16.0 Å². The van der Waals surface area contributed by atoms with Crippen LogP contribution < -0.4 is 15.5 Å². The van der Waals surface area contributed by atoms with Crippen LogP contribution in [0.5, 0.6) is 0 Å². The highest BCUT2D eigenvalue weighted by molar-refractivity contribution is 5.91. The lowest BCUT2D eigenvalue weighted by atomic mass is 10.0. The van der Waals surface area contributed by atoms with Crippen LogP contribution in [0.2, 0.25) is 0 Å². The molecule has 0 bridgehead atoms. The lowest BCUT2D eigenvalue weighted by molar-refractivity contribution is -0.904. The number of fused-ring (bicyclic) bond motifs is 1. The summed E-state index contributed by atoms with van der Waals surface area (Å²) in [6, 6.07) is 14.0. The minimum Gasteiger partial charge on any atom is -0.354 e. The zero-order valence-corrected chi connectivity index (χ0v) is 15.9. The van der Waals surface area contributed by atoms with Gasteiger partial charge in [-0.25, -0.2) is 0 Å². The first-order valence-corrected chi connectivity index (χ1v) is 10.1. The summed E-state index contributed by atoms with van der Waals surface area (Å²) in [6.45, 7) is 4.37. The maximum atomic E-state index is 12.2. The zero-order chi connectivity index (χ0) is 18.9. The lowest BCUT2D eigenvalue weighted by Crippen LogP contribution is -3.12. The molecule has 0 atom stereocenters. The normalized spacial score (nSPS) is 14.8. The van der Waals surface area contributed by atoms with Gasteiger partial charge in [-0.2, -0.15) is 0 Å². The quantitative estimate of drug-likeness (QED) is 0.611. The molecular formula is C22H30N3O2+. The Balaban J connectivity index is 1.35. The summed E-state index contributed by atoms with van der Waals surface area (Å²) in [5.74, 6) is -0.242. The molecule has 0 unspecified atom stereocenters. The number of rotatable bonds is 8. The van der Waals surface area contributed by atoms with Crippen molar-refractivity contribution in [3.63, 3.8) is 0 Å². The second-order valence-corrected chi connectivity index (χ2v) is 7.36. The molecule has 1 saturated heterocycles. The summed E-state index contributed by atoms with van der Waals surface area (Å²) in [7, 11) is 0. The minimum absolute atomic E-state index is 0.0418. The molecule has 1 aliphatic heterocycles. The Morgan fingerprint density at radius 2 is 1.67 bits per heavy atom. The van der Waals surface area contributed by atoms with E-state index >= 15 is 0 Å². The van der Waals surface area contributed by atoms with Crippen molar-refractivity contribution in [1.82, 2.24) is 10.6 Å². The predicted octanol–water partition coefficient (Wildman–Crippen LogP) is 1.07. The number of benzene rings is 2. The van der Waals surface area contributed by atoms with Gasteiger partial charge in [0.05, 0.1) is 32.6 Å². The van der Waals surface area contributed by atoms with Crippen LogP contribution in [-0.4, -0.2) is 44.5 Å². The predicted molar refractivity (Wildman–Crippen MR) is 108 cm³/mol. The summed E-state index contributed by atoms with van der Waals surface area (Å²) in [5, 5.41) is 7.84. The van der Waals surface area contributed by atoms with Crippen LogP contribution in [0.4, 0.5) is 0 Å². The Morgan fingerprint density at radius 1 is 0.889 bits per heavy atom. The Labute approximate surface area is 161 Å². The van der Waals surface area contributed by atoms with Gasteiger partial charge in [-0.3, -0.25) is 9.59 Å². The van der Waals surface area contributed by atoms with Gasteiger partial charge >= 0.3 is 0 Å². The lowest BCUT2D eigenvalue weighted by Gasteiger charge is -2.23. The Bertz CT molecular complexity index is 764. The number of carbonyl (C=O) groups excluding carboxylic acids is 2. The van der Waals surface area contributed by atoms with E-state index in [4.69, 9.17) is 0 Å². The molecular weight excluding hydrogens is 338 g/mol. The molecule has 1 aliphatic rings. The summed E-state index contributed by atoms with van der Waals surface area (Å²) in [4.78, 5) is 25.8. The van der Waals surface area contributed by atoms with E-state index in [1.165, 1.54) is 32.4 Å². The van der Waals surface area contributed by atoms with E-state index in [9.17, 15) is 9.59 Å². The van der Waals surface area contributed by atoms with Crippen molar-refractivity contribution >= 4 is 22.6 Å². The molecule has 1 heterocycles. The SMILES string of the molecule is O=C(CNC(=O)Cc1cccc2ccccc12)NCCC[NH+]1CCCCC1. The summed E-state index contributed by atoms with van der Waals surface area (Å²) >= 11 is 0. The molecule has 0 spiro atoms. The number of hydrogen-bond acceptors (Lipinski definition) is 2. The molecule has 1 fully saturated rings. The van der Waals surface area contributed by atoms with Crippen LogP contribution in [0.15, 0.2) is 42.5 Å². The maximum Gasteiger partial charge on any atom is 0.239 e. The molecule has 0 aliphatic carbocycles. The Hall–Kier alpha value is -2.40. The maximum absolute atomic E-state index is 12.2. The highest BCUT2D eigenvalue weighted by Gasteiger charge is 2.13. The van der Waals surface area contributed by atoms with Crippen molar-refractivity contribution in [2.45, 2.75) is 32.1 Å². The van der Waals surface area contributed by atoms with Gasteiger partial charge in [0.1, 0.15) is 0 Å². The standard InChI is InChI=1S/C22H29N3O2/c26-21(16-19-10-6-9-18-8-2-3-11-20(18)19)24-17-22(27)23-12-7-15-25-13-4-1-5-14-25/h2-3,6,8-11H,1,4-5,7,12-17H2,(H,23,27)(H,24,26)/p+1. The van der Waals surface area contributed by atoms with Gasteiger partial charge in [-0.15, -0.1) is 0 Å². The van der Waals surface area contributed by atoms with Crippen LogP contribution in [0.1, 0.15) is 31.2 Å². The molecule has 0 radical (unpaired) electrons. The van der Waals surface area contributed by atoms with E-state index in [0.717, 1.165) is 29.3 Å². The van der Waals surface area contributed by atoms with Gasteiger partial charge in [0.25, 0.3) is 0 Å². The smallest absolute Gasteiger partial charge is 0.239 e. The molecule has 0 aromatic heterocycles. The fourth-order valence-corrected chi connectivity index (χ4v) is 3.79. The number of nitrogens with one attached hydrogen (secondary N) is 3. The first-order chi connectivity index (χ1) is 13.2. The van der Waals surface area contributed by atoms with Gasteiger partial charge in [0, 0.05) is 13.0 Å². The van der Waals surface area contributed by atoms with Gasteiger partial charge < -0.3 is 15.5 Å². The van der Waals surface area contributed by atoms with Crippen molar-refractivity contribution in [3.8, 4) is 0 Å². The van der Waals surface area contributed by atoms with E-state index in [0.29, 0.717) is 6.54 Å². The van der Waals surface area contributed by atoms with Crippen LogP contribution in [0, 0.1) is 0 Å².